The maximum atomic E-state index is 7.72. The molecule has 0 bridgehead atoms. The predicted molar refractivity (Wildman–Crippen MR) is 57.7 cm³/mol. The third kappa shape index (κ3) is 1.29. The van der Waals surface area contributed by atoms with E-state index in [2.05, 4.69) is 9.97 Å². The molecule has 2 rings (SSSR count). The molecule has 0 aromatic carbocycles. The van der Waals surface area contributed by atoms with Crippen molar-refractivity contribution in [3.63, 3.8) is 0 Å². The minimum Gasteiger partial charge on any atom is -0.361 e. The third-order valence-corrected chi connectivity index (χ3v) is 2.40. The average molecular weight is 206 g/mol. The molecule has 2 heterocycles. The molecule has 0 spiro atoms. The van der Waals surface area contributed by atoms with Crippen LogP contribution in [0.1, 0.15) is 0 Å². The Morgan fingerprint density at radius 3 is 2.60 bits per heavy atom. The molecular formula is C9H14N6. The second-order valence-electron chi connectivity index (χ2n) is 3.74. The van der Waals surface area contributed by atoms with E-state index >= 15 is 0 Å². The maximum absolute atomic E-state index is 7.72. The fourth-order valence-corrected chi connectivity index (χ4v) is 1.56. The molecule has 0 saturated carbocycles. The average Bonchev–Trinajstić information content (AvgIpc) is 2.54. The van der Waals surface area contributed by atoms with Crippen LogP contribution in [0, 0.1) is 5.41 Å². The second kappa shape index (κ2) is 3.08. The summed E-state index contributed by atoms with van der Waals surface area (Å²) < 4.78 is 3.58. The summed E-state index contributed by atoms with van der Waals surface area (Å²) >= 11 is 0. The lowest BCUT2D eigenvalue weighted by molar-refractivity contribution is 0.783. The molecule has 1 N–H and O–H groups in total. The zero-order valence-electron chi connectivity index (χ0n) is 9.31. The summed E-state index contributed by atoms with van der Waals surface area (Å²) in [6, 6.07) is 0. The summed E-state index contributed by atoms with van der Waals surface area (Å²) in [6.45, 7) is 0. The highest BCUT2D eigenvalue weighted by atomic mass is 15.2. The number of hydrogen-bond acceptors (Lipinski definition) is 4. The summed E-state index contributed by atoms with van der Waals surface area (Å²) in [6.07, 6.45) is 1.73. The van der Waals surface area contributed by atoms with Crippen LogP contribution in [0.15, 0.2) is 6.33 Å². The van der Waals surface area contributed by atoms with Crippen molar-refractivity contribution in [2.24, 2.45) is 14.1 Å². The van der Waals surface area contributed by atoms with Crippen LogP contribution >= 0.6 is 0 Å². The van der Waals surface area contributed by atoms with Gasteiger partial charge in [-0.1, -0.05) is 0 Å². The van der Waals surface area contributed by atoms with Gasteiger partial charge in [-0.3, -0.25) is 9.98 Å². The number of aromatic nitrogens is 4. The van der Waals surface area contributed by atoms with E-state index in [0.717, 1.165) is 17.0 Å². The van der Waals surface area contributed by atoms with Crippen molar-refractivity contribution in [3.05, 3.63) is 11.9 Å². The first-order valence-electron chi connectivity index (χ1n) is 4.62. The number of hydrogen-bond donors (Lipinski definition) is 1. The molecule has 2 aromatic rings. The Morgan fingerprint density at radius 2 is 2.00 bits per heavy atom. The molecule has 0 saturated heterocycles. The van der Waals surface area contributed by atoms with E-state index in [4.69, 9.17) is 5.41 Å². The second-order valence-corrected chi connectivity index (χ2v) is 3.74. The van der Waals surface area contributed by atoms with Crippen molar-refractivity contribution in [2.75, 3.05) is 19.0 Å². The van der Waals surface area contributed by atoms with Crippen molar-refractivity contribution in [2.45, 2.75) is 0 Å². The van der Waals surface area contributed by atoms with Gasteiger partial charge >= 0.3 is 0 Å². The van der Waals surface area contributed by atoms with Crippen LogP contribution in [0.5, 0.6) is 0 Å². The minimum absolute atomic E-state index is 0.213. The fraction of sp³-hybridized carbons (Fsp3) is 0.444. The van der Waals surface area contributed by atoms with Crippen molar-refractivity contribution >= 4 is 17.0 Å². The van der Waals surface area contributed by atoms with E-state index < -0.39 is 0 Å². The van der Waals surface area contributed by atoms with Gasteiger partial charge in [-0.2, -0.15) is 4.98 Å². The monoisotopic (exact) mass is 206 g/mol. The molecular weight excluding hydrogens is 192 g/mol. The Labute approximate surface area is 87.3 Å². The van der Waals surface area contributed by atoms with Crippen molar-refractivity contribution in [1.82, 2.24) is 19.1 Å². The zero-order valence-corrected chi connectivity index (χ0v) is 9.31. The molecule has 6 nitrogen and oxygen atoms in total. The van der Waals surface area contributed by atoms with Gasteiger partial charge in [0, 0.05) is 28.2 Å². The normalized spacial score (nSPS) is 10.9. The van der Waals surface area contributed by atoms with Gasteiger partial charge in [0.2, 0.25) is 5.62 Å². The quantitative estimate of drug-likeness (QED) is 0.706. The van der Waals surface area contributed by atoms with Crippen molar-refractivity contribution in [3.8, 4) is 0 Å². The largest absolute Gasteiger partial charge is 0.361 e. The van der Waals surface area contributed by atoms with Gasteiger partial charge in [0.25, 0.3) is 0 Å². The van der Waals surface area contributed by atoms with Crippen LogP contribution in [0.3, 0.4) is 0 Å². The predicted octanol–water partition coefficient (Wildman–Crippen LogP) is -0.148. The molecule has 80 valence electrons. The first-order chi connectivity index (χ1) is 7.02. The van der Waals surface area contributed by atoms with Crippen molar-refractivity contribution < 1.29 is 0 Å². The lowest BCUT2D eigenvalue weighted by Gasteiger charge is -2.14. The van der Waals surface area contributed by atoms with E-state index in [9.17, 15) is 0 Å². The van der Waals surface area contributed by atoms with Gasteiger partial charge in [-0.05, 0) is 0 Å². The number of rotatable bonds is 1. The zero-order chi connectivity index (χ0) is 11.2. The first-order valence-corrected chi connectivity index (χ1v) is 4.62. The number of aryl methyl sites for hydroxylation is 2. The SMILES string of the molecule is CN(C)c1nc(=N)n(C)c2ncn(C)c12. The standard InChI is InChI=1S/C9H14N6/c1-13(2)8-6-7(11-5-14(6)3)15(4)9(10)12-8/h5,10H,1-4H3. The minimum atomic E-state index is 0.213. The van der Waals surface area contributed by atoms with Gasteiger partial charge < -0.3 is 9.47 Å². The van der Waals surface area contributed by atoms with E-state index in [0.29, 0.717) is 0 Å². The Morgan fingerprint density at radius 1 is 1.33 bits per heavy atom. The van der Waals surface area contributed by atoms with Gasteiger partial charge in [0.1, 0.15) is 5.52 Å². The highest BCUT2D eigenvalue weighted by Gasteiger charge is 2.12. The smallest absolute Gasteiger partial charge is 0.225 e. The van der Waals surface area contributed by atoms with Crippen LogP contribution in [-0.2, 0) is 14.1 Å². The lowest BCUT2D eigenvalue weighted by Crippen LogP contribution is -2.25. The molecule has 0 amide bonds. The Kier molecular flexibility index (Phi) is 1.99. The van der Waals surface area contributed by atoms with E-state index in [1.165, 1.54) is 0 Å². The Balaban J connectivity index is 2.98. The number of nitrogens with one attached hydrogen (secondary N) is 1. The lowest BCUT2D eigenvalue weighted by atomic mass is 10.4. The van der Waals surface area contributed by atoms with Crippen LogP contribution < -0.4 is 10.5 Å². The van der Waals surface area contributed by atoms with E-state index in [1.54, 1.807) is 17.9 Å². The molecule has 0 atom stereocenters. The summed E-state index contributed by atoms with van der Waals surface area (Å²) in [4.78, 5) is 10.4. The number of nitrogens with zero attached hydrogens (tertiary/aromatic N) is 5. The summed E-state index contributed by atoms with van der Waals surface area (Å²) in [5, 5.41) is 7.72. The molecule has 0 aliphatic rings. The number of anilines is 1. The van der Waals surface area contributed by atoms with Crippen LogP contribution in [0.4, 0.5) is 5.82 Å². The highest BCUT2D eigenvalue weighted by molar-refractivity contribution is 5.83. The van der Waals surface area contributed by atoms with Gasteiger partial charge in [0.05, 0.1) is 6.33 Å². The Bertz CT molecular complexity index is 562. The maximum Gasteiger partial charge on any atom is 0.225 e. The summed E-state index contributed by atoms with van der Waals surface area (Å²) in [5.74, 6) is 0.771. The van der Waals surface area contributed by atoms with Crippen LogP contribution in [-0.4, -0.2) is 33.2 Å². The summed E-state index contributed by atoms with van der Waals surface area (Å²) in [7, 11) is 7.54. The number of imidazole rings is 1. The molecule has 0 fully saturated rings. The fourth-order valence-electron chi connectivity index (χ4n) is 1.56. The molecule has 0 aliphatic carbocycles. The molecule has 0 aliphatic heterocycles. The molecule has 15 heavy (non-hydrogen) atoms. The first kappa shape index (κ1) is 9.70. The van der Waals surface area contributed by atoms with Gasteiger partial charge in [0.15, 0.2) is 11.5 Å². The molecule has 6 heteroatoms. The van der Waals surface area contributed by atoms with E-state index in [1.807, 2.05) is 30.6 Å². The molecule has 2 aromatic heterocycles. The summed E-state index contributed by atoms with van der Waals surface area (Å²) in [5.41, 5.74) is 1.93. The van der Waals surface area contributed by atoms with Gasteiger partial charge in [-0.25, -0.2) is 4.98 Å². The number of fused-ring (bicyclic) bond motifs is 1. The van der Waals surface area contributed by atoms with Crippen LogP contribution in [0.2, 0.25) is 0 Å². The van der Waals surface area contributed by atoms with Gasteiger partial charge in [-0.15, -0.1) is 0 Å². The third-order valence-electron chi connectivity index (χ3n) is 2.40. The molecule has 0 radical (unpaired) electrons. The highest BCUT2D eigenvalue weighted by Crippen LogP contribution is 2.18. The molecule has 0 unspecified atom stereocenters. The van der Waals surface area contributed by atoms with Crippen molar-refractivity contribution in [1.29, 1.82) is 5.41 Å². The van der Waals surface area contributed by atoms with E-state index in [-0.39, 0.29) is 5.62 Å². The topological polar surface area (TPSA) is 62.7 Å². The Hall–Kier alpha value is -1.85. The van der Waals surface area contributed by atoms with Crippen LogP contribution in [0.25, 0.3) is 11.2 Å².